The van der Waals surface area contributed by atoms with Crippen molar-refractivity contribution >= 4 is 34.3 Å². The number of hydrogen-bond acceptors (Lipinski definition) is 6. The molecule has 0 atom stereocenters. The van der Waals surface area contributed by atoms with Crippen LogP contribution in [0.15, 0.2) is 97.1 Å². The van der Waals surface area contributed by atoms with Crippen LogP contribution >= 0.6 is 0 Å². The maximum atomic E-state index is 14.2. The SMILES string of the molecule is O=C1c2cccc(N(CCO)c3ccccc3)c2C(=O)c2c1cccc2N(CCO)c1ccccc1. The highest BCUT2D eigenvalue weighted by atomic mass is 16.3. The first kappa shape index (κ1) is 23.5. The predicted octanol–water partition coefficient (Wildman–Crippen LogP) is 4.72. The molecule has 4 aromatic carbocycles. The Bertz CT molecular complexity index is 1300. The van der Waals surface area contributed by atoms with Gasteiger partial charge in [-0.05, 0) is 36.4 Å². The lowest BCUT2D eigenvalue weighted by Gasteiger charge is -2.32. The number of aliphatic hydroxyl groups excluding tert-OH is 2. The lowest BCUT2D eigenvalue weighted by Crippen LogP contribution is -2.30. The highest BCUT2D eigenvalue weighted by Gasteiger charge is 2.36. The first-order valence-corrected chi connectivity index (χ1v) is 11.9. The number of hydrogen-bond donors (Lipinski definition) is 2. The third-order valence-corrected chi connectivity index (χ3v) is 6.39. The van der Waals surface area contributed by atoms with Crippen molar-refractivity contribution in [3.8, 4) is 0 Å². The number of para-hydroxylation sites is 2. The normalized spacial score (nSPS) is 12.2. The van der Waals surface area contributed by atoms with Gasteiger partial charge in [0.15, 0.2) is 11.6 Å². The number of fused-ring (bicyclic) bond motifs is 2. The number of rotatable bonds is 8. The van der Waals surface area contributed by atoms with E-state index in [1.807, 2.05) is 82.6 Å². The lowest BCUT2D eigenvalue weighted by atomic mass is 9.81. The number of carbonyl (C=O) groups is 2. The fraction of sp³-hybridized carbons (Fsp3) is 0.133. The summed E-state index contributed by atoms with van der Waals surface area (Å²) in [5, 5.41) is 19.6. The summed E-state index contributed by atoms with van der Waals surface area (Å²) in [6.45, 7) is 0.274. The molecule has 0 amide bonds. The Morgan fingerprint density at radius 1 is 0.500 bits per heavy atom. The zero-order valence-corrected chi connectivity index (χ0v) is 19.7. The van der Waals surface area contributed by atoms with E-state index in [1.165, 1.54) is 0 Å². The second-order valence-electron chi connectivity index (χ2n) is 8.48. The summed E-state index contributed by atoms with van der Waals surface area (Å²) in [6, 6.07) is 29.5. The van der Waals surface area contributed by atoms with E-state index in [1.54, 1.807) is 24.3 Å². The number of nitrogens with zero attached hydrogens (tertiary/aromatic N) is 2. The molecule has 36 heavy (non-hydrogen) atoms. The lowest BCUT2D eigenvalue weighted by molar-refractivity contribution is 0.0980. The molecule has 0 saturated heterocycles. The van der Waals surface area contributed by atoms with E-state index in [9.17, 15) is 19.8 Å². The van der Waals surface area contributed by atoms with Crippen LogP contribution in [0.5, 0.6) is 0 Å². The van der Waals surface area contributed by atoms with Gasteiger partial charge in [0.05, 0.1) is 35.7 Å². The van der Waals surface area contributed by atoms with Gasteiger partial charge >= 0.3 is 0 Å². The van der Waals surface area contributed by atoms with E-state index in [2.05, 4.69) is 0 Å². The van der Waals surface area contributed by atoms with Crippen molar-refractivity contribution in [3.63, 3.8) is 0 Å². The fourth-order valence-corrected chi connectivity index (χ4v) is 4.85. The molecule has 0 saturated carbocycles. The van der Waals surface area contributed by atoms with Gasteiger partial charge in [-0.1, -0.05) is 60.7 Å². The van der Waals surface area contributed by atoms with Gasteiger partial charge in [0.2, 0.25) is 0 Å². The quantitative estimate of drug-likeness (QED) is 0.336. The van der Waals surface area contributed by atoms with Gasteiger partial charge in [-0.15, -0.1) is 0 Å². The van der Waals surface area contributed by atoms with E-state index in [-0.39, 0.29) is 37.9 Å². The molecule has 0 radical (unpaired) electrons. The fourth-order valence-electron chi connectivity index (χ4n) is 4.85. The summed E-state index contributed by atoms with van der Waals surface area (Å²) in [5.74, 6) is -0.485. The van der Waals surface area contributed by atoms with Crippen LogP contribution < -0.4 is 9.80 Å². The highest BCUT2D eigenvalue weighted by molar-refractivity contribution is 6.32. The number of aliphatic hydroxyl groups is 2. The second kappa shape index (κ2) is 10.2. The molecule has 0 spiro atoms. The highest BCUT2D eigenvalue weighted by Crippen LogP contribution is 2.41. The Kier molecular flexibility index (Phi) is 6.62. The van der Waals surface area contributed by atoms with Gasteiger partial charge in [0.25, 0.3) is 0 Å². The van der Waals surface area contributed by atoms with Crippen molar-refractivity contribution in [1.82, 2.24) is 0 Å². The minimum Gasteiger partial charge on any atom is -0.395 e. The average molecular weight is 479 g/mol. The molecule has 0 heterocycles. The Labute approximate surface area is 209 Å². The van der Waals surface area contributed by atoms with Crippen molar-refractivity contribution in [2.75, 3.05) is 36.1 Å². The number of carbonyl (C=O) groups excluding carboxylic acids is 2. The number of ketones is 2. The van der Waals surface area contributed by atoms with E-state index in [0.717, 1.165) is 11.4 Å². The van der Waals surface area contributed by atoms with Crippen LogP contribution in [0.2, 0.25) is 0 Å². The predicted molar refractivity (Wildman–Crippen MR) is 141 cm³/mol. The van der Waals surface area contributed by atoms with E-state index >= 15 is 0 Å². The molecular weight excluding hydrogens is 452 g/mol. The molecule has 1 aliphatic carbocycles. The molecule has 2 N–H and O–H groups in total. The Balaban J connectivity index is 1.70. The standard InChI is InChI=1S/C30H26N2O4/c33-19-17-31(21-9-3-1-4-10-21)25-15-7-13-23-27(25)30(36)28-24(29(23)35)14-8-16-26(28)32(18-20-34)22-11-5-2-6-12-22/h1-16,33-34H,17-20H2. The zero-order valence-electron chi connectivity index (χ0n) is 19.7. The van der Waals surface area contributed by atoms with Crippen LogP contribution in [-0.2, 0) is 0 Å². The van der Waals surface area contributed by atoms with Crippen molar-refractivity contribution in [2.45, 2.75) is 0 Å². The summed E-state index contributed by atoms with van der Waals surface area (Å²) >= 11 is 0. The molecule has 5 rings (SSSR count). The maximum absolute atomic E-state index is 14.2. The smallest absolute Gasteiger partial charge is 0.198 e. The maximum Gasteiger partial charge on any atom is 0.198 e. The van der Waals surface area contributed by atoms with Crippen molar-refractivity contribution < 1.29 is 19.8 Å². The van der Waals surface area contributed by atoms with Gasteiger partial charge in [-0.2, -0.15) is 0 Å². The van der Waals surface area contributed by atoms with Gasteiger partial charge in [-0.25, -0.2) is 0 Å². The molecular formula is C30H26N2O4. The molecule has 6 nitrogen and oxygen atoms in total. The van der Waals surface area contributed by atoms with Crippen LogP contribution in [-0.4, -0.2) is 48.1 Å². The molecule has 4 aromatic rings. The number of anilines is 4. The molecule has 0 aromatic heterocycles. The summed E-state index contributed by atoms with van der Waals surface area (Å²) in [7, 11) is 0. The Morgan fingerprint density at radius 2 is 0.917 bits per heavy atom. The van der Waals surface area contributed by atoms with Crippen LogP contribution in [0.3, 0.4) is 0 Å². The first-order valence-electron chi connectivity index (χ1n) is 11.9. The molecule has 0 fully saturated rings. The van der Waals surface area contributed by atoms with Crippen LogP contribution in [0.4, 0.5) is 22.7 Å². The van der Waals surface area contributed by atoms with Crippen molar-refractivity contribution in [3.05, 3.63) is 119 Å². The monoisotopic (exact) mass is 478 g/mol. The van der Waals surface area contributed by atoms with E-state index < -0.39 is 0 Å². The molecule has 6 heteroatoms. The molecule has 0 aliphatic heterocycles. The molecule has 180 valence electrons. The average Bonchev–Trinajstić information content (AvgIpc) is 2.93. The third kappa shape index (κ3) is 4.06. The van der Waals surface area contributed by atoms with Gasteiger partial charge in [0.1, 0.15) is 0 Å². The zero-order chi connectivity index (χ0) is 25.1. The summed E-state index contributed by atoms with van der Waals surface area (Å²) in [4.78, 5) is 31.7. The van der Waals surface area contributed by atoms with E-state index in [0.29, 0.717) is 33.6 Å². The Morgan fingerprint density at radius 3 is 1.31 bits per heavy atom. The van der Waals surface area contributed by atoms with Gasteiger partial charge in [0, 0.05) is 35.6 Å². The van der Waals surface area contributed by atoms with E-state index in [4.69, 9.17) is 0 Å². The summed E-state index contributed by atoms with van der Waals surface area (Å²) in [5.41, 5.74) is 4.08. The van der Waals surface area contributed by atoms with Crippen molar-refractivity contribution in [2.24, 2.45) is 0 Å². The van der Waals surface area contributed by atoms with Crippen LogP contribution in [0.1, 0.15) is 31.8 Å². The van der Waals surface area contributed by atoms with Crippen LogP contribution in [0.25, 0.3) is 0 Å². The first-order chi connectivity index (χ1) is 17.7. The summed E-state index contributed by atoms with van der Waals surface area (Å²) < 4.78 is 0. The molecule has 0 bridgehead atoms. The number of benzene rings is 4. The molecule has 0 unspecified atom stereocenters. The summed E-state index contributed by atoms with van der Waals surface area (Å²) in [6.07, 6.45) is 0. The third-order valence-electron chi connectivity index (χ3n) is 6.39. The minimum atomic E-state index is -0.261. The second-order valence-corrected chi connectivity index (χ2v) is 8.48. The molecule has 1 aliphatic rings. The van der Waals surface area contributed by atoms with Crippen molar-refractivity contribution in [1.29, 1.82) is 0 Å². The van der Waals surface area contributed by atoms with Gasteiger partial charge < -0.3 is 20.0 Å². The van der Waals surface area contributed by atoms with Gasteiger partial charge in [-0.3, -0.25) is 9.59 Å². The topological polar surface area (TPSA) is 81.1 Å². The Hall–Kier alpha value is -4.26. The minimum absolute atomic E-state index is 0.124. The largest absolute Gasteiger partial charge is 0.395 e. The van der Waals surface area contributed by atoms with Crippen LogP contribution in [0, 0.1) is 0 Å².